The molecule has 7 rings (SSSR count). The molecule has 6 aromatic rings. The SMILES string of the molecule is Fc1ccc(Cc2ccccc2COCC2CCc3c(ncn3C(c3ccccc3)(c3ccccc3)c3ccccc3)C2)cc1. The number of rotatable bonds is 10. The van der Waals surface area contributed by atoms with Crippen LogP contribution >= 0.6 is 0 Å². The van der Waals surface area contributed by atoms with Crippen LogP contribution in [0.15, 0.2) is 146 Å². The average Bonchev–Trinajstić information content (AvgIpc) is 3.52. The zero-order chi connectivity index (χ0) is 30.5. The molecule has 0 spiro atoms. The molecule has 5 aromatic carbocycles. The number of nitrogens with zero attached hydrogens (tertiary/aromatic N) is 2. The van der Waals surface area contributed by atoms with E-state index in [0.29, 0.717) is 19.1 Å². The molecular weight excluding hydrogens is 555 g/mol. The number of hydrogen-bond donors (Lipinski definition) is 0. The Kier molecular flexibility index (Phi) is 8.39. The summed E-state index contributed by atoms with van der Waals surface area (Å²) in [6, 6.07) is 47.6. The van der Waals surface area contributed by atoms with E-state index < -0.39 is 5.54 Å². The fourth-order valence-electron chi connectivity index (χ4n) is 6.98. The van der Waals surface area contributed by atoms with Gasteiger partial charge in [-0.2, -0.15) is 0 Å². The van der Waals surface area contributed by atoms with E-state index in [1.54, 1.807) is 0 Å². The van der Waals surface area contributed by atoms with Crippen molar-refractivity contribution in [2.24, 2.45) is 5.92 Å². The van der Waals surface area contributed by atoms with E-state index in [0.717, 1.165) is 31.2 Å². The van der Waals surface area contributed by atoms with E-state index in [1.165, 1.54) is 51.3 Å². The minimum absolute atomic E-state index is 0.207. The summed E-state index contributed by atoms with van der Waals surface area (Å²) in [6.45, 7) is 1.26. The molecule has 3 nitrogen and oxygen atoms in total. The van der Waals surface area contributed by atoms with Crippen LogP contribution in [-0.2, 0) is 36.1 Å². The second-order valence-electron chi connectivity index (χ2n) is 12.0. The quantitative estimate of drug-likeness (QED) is 0.149. The molecule has 1 aromatic heterocycles. The van der Waals surface area contributed by atoms with Crippen LogP contribution in [0.3, 0.4) is 0 Å². The summed E-state index contributed by atoms with van der Waals surface area (Å²) in [6.07, 6.45) is 5.71. The van der Waals surface area contributed by atoms with Gasteiger partial charge in [-0.3, -0.25) is 0 Å². The summed E-state index contributed by atoms with van der Waals surface area (Å²) in [5.74, 6) is 0.200. The van der Waals surface area contributed by atoms with Crippen LogP contribution in [0.25, 0.3) is 0 Å². The van der Waals surface area contributed by atoms with Crippen molar-refractivity contribution in [1.29, 1.82) is 0 Å². The normalized spacial score (nSPS) is 14.6. The fourth-order valence-corrected chi connectivity index (χ4v) is 6.98. The first-order valence-corrected chi connectivity index (χ1v) is 15.8. The molecule has 0 amide bonds. The molecule has 0 saturated carbocycles. The number of imidazole rings is 1. The summed E-state index contributed by atoms with van der Waals surface area (Å²) in [4.78, 5) is 5.06. The lowest BCUT2D eigenvalue weighted by molar-refractivity contribution is 0.0812. The number of hydrogen-bond acceptors (Lipinski definition) is 2. The number of halogens is 1. The standard InChI is InChI=1S/C41H37FN2O/c42-38-23-20-31(21-24-38)26-33-12-10-11-13-34(33)29-45-28-32-22-25-40-39(27-32)43-30-44(40)41(35-14-4-1-5-15-35,36-16-6-2-7-17-36)37-18-8-3-9-19-37/h1-21,23-24,30,32H,22,25-29H2. The summed E-state index contributed by atoms with van der Waals surface area (Å²) in [5.41, 5.74) is 9.06. The molecule has 45 heavy (non-hydrogen) atoms. The maximum absolute atomic E-state index is 13.4. The third-order valence-electron chi connectivity index (χ3n) is 9.20. The number of benzene rings is 5. The molecule has 1 heterocycles. The molecule has 4 heteroatoms. The third kappa shape index (κ3) is 5.86. The number of ether oxygens (including phenoxy) is 1. The molecule has 1 atom stereocenters. The van der Waals surface area contributed by atoms with Crippen molar-refractivity contribution in [2.75, 3.05) is 6.61 Å². The van der Waals surface area contributed by atoms with Crippen LogP contribution in [0.4, 0.5) is 4.39 Å². The Morgan fingerprint density at radius 2 is 1.24 bits per heavy atom. The molecule has 0 aliphatic heterocycles. The number of fused-ring (bicyclic) bond motifs is 1. The van der Waals surface area contributed by atoms with Gasteiger partial charge in [-0.1, -0.05) is 127 Å². The minimum Gasteiger partial charge on any atom is -0.376 e. The summed E-state index contributed by atoms with van der Waals surface area (Å²) >= 11 is 0. The van der Waals surface area contributed by atoms with Gasteiger partial charge in [0.05, 0.1) is 25.2 Å². The fraction of sp³-hybridized carbons (Fsp3) is 0.195. The van der Waals surface area contributed by atoms with Gasteiger partial charge >= 0.3 is 0 Å². The zero-order valence-electron chi connectivity index (χ0n) is 25.4. The Hall–Kier alpha value is -4.80. The van der Waals surface area contributed by atoms with Gasteiger partial charge in [-0.05, 0) is 77.1 Å². The van der Waals surface area contributed by atoms with Gasteiger partial charge in [0.25, 0.3) is 0 Å². The van der Waals surface area contributed by atoms with Crippen molar-refractivity contribution >= 4 is 0 Å². The first-order valence-electron chi connectivity index (χ1n) is 15.8. The van der Waals surface area contributed by atoms with Gasteiger partial charge in [0.15, 0.2) is 0 Å². The lowest BCUT2D eigenvalue weighted by Crippen LogP contribution is -2.39. The predicted octanol–water partition coefficient (Wildman–Crippen LogP) is 8.77. The van der Waals surface area contributed by atoms with E-state index in [2.05, 4.69) is 126 Å². The highest BCUT2D eigenvalue weighted by atomic mass is 19.1. The van der Waals surface area contributed by atoms with Crippen molar-refractivity contribution in [3.05, 3.63) is 196 Å². The molecule has 0 bridgehead atoms. The van der Waals surface area contributed by atoms with Crippen LogP contribution < -0.4 is 0 Å². The molecule has 0 radical (unpaired) electrons. The van der Waals surface area contributed by atoms with Crippen LogP contribution in [0.5, 0.6) is 0 Å². The Bertz CT molecular complexity index is 1740. The zero-order valence-corrected chi connectivity index (χ0v) is 25.4. The average molecular weight is 593 g/mol. The van der Waals surface area contributed by atoms with Gasteiger partial charge < -0.3 is 9.30 Å². The Morgan fingerprint density at radius 3 is 1.84 bits per heavy atom. The topological polar surface area (TPSA) is 27.1 Å². The first-order chi connectivity index (χ1) is 22.2. The van der Waals surface area contributed by atoms with Crippen LogP contribution in [0.2, 0.25) is 0 Å². The minimum atomic E-state index is -0.540. The molecule has 1 unspecified atom stereocenters. The second-order valence-corrected chi connectivity index (χ2v) is 12.0. The lowest BCUT2D eigenvalue weighted by atomic mass is 9.76. The monoisotopic (exact) mass is 592 g/mol. The second kappa shape index (κ2) is 13.1. The molecule has 0 N–H and O–H groups in total. The Morgan fingerprint density at radius 1 is 0.689 bits per heavy atom. The predicted molar refractivity (Wildman–Crippen MR) is 178 cm³/mol. The highest BCUT2D eigenvalue weighted by Gasteiger charge is 2.41. The third-order valence-corrected chi connectivity index (χ3v) is 9.20. The van der Waals surface area contributed by atoms with Gasteiger partial charge in [-0.15, -0.1) is 0 Å². The van der Waals surface area contributed by atoms with Crippen molar-refractivity contribution in [1.82, 2.24) is 9.55 Å². The molecule has 0 saturated heterocycles. The summed E-state index contributed by atoms with van der Waals surface area (Å²) in [5, 5.41) is 0. The summed E-state index contributed by atoms with van der Waals surface area (Å²) < 4.78 is 22.2. The maximum atomic E-state index is 13.4. The van der Waals surface area contributed by atoms with Gasteiger partial charge in [0.2, 0.25) is 0 Å². The van der Waals surface area contributed by atoms with Crippen molar-refractivity contribution in [3.63, 3.8) is 0 Å². The molecular formula is C41H37FN2O. The van der Waals surface area contributed by atoms with Gasteiger partial charge in [0, 0.05) is 5.69 Å². The maximum Gasteiger partial charge on any atom is 0.123 e. The highest BCUT2D eigenvalue weighted by molar-refractivity contribution is 5.51. The van der Waals surface area contributed by atoms with Crippen LogP contribution in [0, 0.1) is 11.7 Å². The molecule has 1 aliphatic carbocycles. The van der Waals surface area contributed by atoms with Crippen LogP contribution in [0.1, 0.15) is 51.2 Å². The Labute approximate surface area is 265 Å². The molecule has 224 valence electrons. The van der Waals surface area contributed by atoms with E-state index in [1.807, 2.05) is 12.1 Å². The van der Waals surface area contributed by atoms with E-state index in [4.69, 9.17) is 9.72 Å². The van der Waals surface area contributed by atoms with Crippen molar-refractivity contribution in [3.8, 4) is 0 Å². The number of aromatic nitrogens is 2. The lowest BCUT2D eigenvalue weighted by Gasteiger charge is -2.39. The largest absolute Gasteiger partial charge is 0.376 e. The Balaban J connectivity index is 1.13. The van der Waals surface area contributed by atoms with Crippen molar-refractivity contribution < 1.29 is 9.13 Å². The van der Waals surface area contributed by atoms with E-state index >= 15 is 0 Å². The van der Waals surface area contributed by atoms with Crippen LogP contribution in [-0.4, -0.2) is 16.2 Å². The van der Waals surface area contributed by atoms with Gasteiger partial charge in [0.1, 0.15) is 11.4 Å². The first kappa shape index (κ1) is 28.9. The summed E-state index contributed by atoms with van der Waals surface area (Å²) in [7, 11) is 0. The van der Waals surface area contributed by atoms with Gasteiger partial charge in [-0.25, -0.2) is 9.37 Å². The molecule has 0 fully saturated rings. The van der Waals surface area contributed by atoms with Crippen molar-refractivity contribution in [2.45, 2.75) is 37.8 Å². The molecule has 1 aliphatic rings. The highest BCUT2D eigenvalue weighted by Crippen LogP contribution is 2.43. The van der Waals surface area contributed by atoms with E-state index in [-0.39, 0.29) is 5.82 Å². The smallest absolute Gasteiger partial charge is 0.123 e. The van der Waals surface area contributed by atoms with E-state index in [9.17, 15) is 4.39 Å².